The topological polar surface area (TPSA) is 87.2 Å². The van der Waals surface area contributed by atoms with E-state index in [1.54, 1.807) is 12.1 Å². The van der Waals surface area contributed by atoms with E-state index in [2.05, 4.69) is 18.8 Å². The smallest absolute Gasteiger partial charge is 0.255 e. The van der Waals surface area contributed by atoms with Gasteiger partial charge in [0.25, 0.3) is 11.8 Å². The van der Waals surface area contributed by atoms with Gasteiger partial charge in [-0.15, -0.1) is 0 Å². The number of carbonyl (C=O) groups is 3. The van der Waals surface area contributed by atoms with E-state index in [0.29, 0.717) is 24.2 Å². The number of carbonyl (C=O) groups excluding carboxylic acids is 3. The zero-order valence-electron chi connectivity index (χ0n) is 15.9. The number of hydrogen-bond acceptors (Lipinski definition) is 5. The molecule has 2 aliphatic rings. The lowest BCUT2D eigenvalue weighted by Gasteiger charge is -2.35. The number of aromatic hydroxyl groups is 1. The second-order valence-corrected chi connectivity index (χ2v) is 12.4. The molecule has 1 aromatic rings. The summed E-state index contributed by atoms with van der Waals surface area (Å²) >= 11 is 0. The predicted octanol–water partition coefficient (Wildman–Crippen LogP) is 1.53. The second kappa shape index (κ2) is 7.52. The molecular weight excluding hydrogens is 368 g/mol. The van der Waals surface area contributed by atoms with Gasteiger partial charge in [0, 0.05) is 24.3 Å². The first-order chi connectivity index (χ1) is 12.7. The van der Waals surface area contributed by atoms with Crippen molar-refractivity contribution in [2.75, 3.05) is 37.9 Å². The van der Waals surface area contributed by atoms with Crippen molar-refractivity contribution in [1.82, 2.24) is 9.80 Å². The molecule has 1 aromatic carbocycles. The molecule has 3 amide bonds. The molecule has 3 rings (SSSR count). The van der Waals surface area contributed by atoms with Gasteiger partial charge in [0.1, 0.15) is 18.5 Å². The van der Waals surface area contributed by atoms with Crippen LogP contribution in [-0.4, -0.2) is 76.5 Å². The van der Waals surface area contributed by atoms with Crippen molar-refractivity contribution in [1.29, 1.82) is 0 Å². The van der Waals surface area contributed by atoms with Crippen molar-refractivity contribution in [3.63, 3.8) is 0 Å². The molecule has 27 heavy (non-hydrogen) atoms. The van der Waals surface area contributed by atoms with E-state index in [1.165, 1.54) is 11.0 Å². The third kappa shape index (κ3) is 4.27. The van der Waals surface area contributed by atoms with Crippen molar-refractivity contribution in [3.8, 4) is 5.75 Å². The van der Waals surface area contributed by atoms with E-state index in [9.17, 15) is 19.5 Å². The van der Waals surface area contributed by atoms with Crippen molar-refractivity contribution >= 4 is 27.7 Å². The number of imide groups is 1. The van der Waals surface area contributed by atoms with Crippen LogP contribution in [0.2, 0.25) is 0 Å². The van der Waals surface area contributed by atoms with Gasteiger partial charge in [-0.3, -0.25) is 19.3 Å². The fourth-order valence-electron chi connectivity index (χ4n) is 3.29. The maximum atomic E-state index is 12.9. The van der Waals surface area contributed by atoms with E-state index >= 15 is 0 Å². The summed E-state index contributed by atoms with van der Waals surface area (Å²) in [4.78, 5) is 40.3. The van der Waals surface area contributed by atoms with Gasteiger partial charge in [0.15, 0.2) is 0 Å². The Morgan fingerprint density at radius 3 is 2.67 bits per heavy atom. The number of rotatable bonds is 6. The molecule has 7 nitrogen and oxygen atoms in total. The molecule has 1 fully saturated rings. The second-order valence-electron chi connectivity index (χ2n) is 7.82. The molecule has 2 aliphatic heterocycles. The van der Waals surface area contributed by atoms with Gasteiger partial charge in [-0.05, 0) is 49.0 Å². The molecule has 1 unspecified atom stereocenters. The van der Waals surface area contributed by atoms with Crippen molar-refractivity contribution < 1.29 is 24.2 Å². The minimum atomic E-state index is -0.706. The van der Waals surface area contributed by atoms with E-state index in [-0.39, 0.29) is 43.2 Å². The Bertz CT molecular complexity index is 774. The van der Waals surface area contributed by atoms with E-state index in [4.69, 9.17) is 4.74 Å². The predicted molar refractivity (Wildman–Crippen MR) is 104 cm³/mol. The molecule has 0 saturated carbocycles. The van der Waals surface area contributed by atoms with Crippen LogP contribution >= 0.6 is 10.0 Å². The van der Waals surface area contributed by atoms with Gasteiger partial charge in [-0.1, -0.05) is 0 Å². The largest absolute Gasteiger partial charge is 0.508 e. The average molecular weight is 394 g/mol. The Kier molecular flexibility index (Phi) is 5.48. The standard InChI is InChI=1S/C19H26N2O5S/c1-27(2,3)9-8-26-12-21-17(23)7-6-16(19(21)25)20-11-13-10-14(22)4-5-15(13)18(20)24/h4-5,10,16,22H,6-9,11-12H2,1-3H3. The Labute approximate surface area is 160 Å². The van der Waals surface area contributed by atoms with Crippen LogP contribution in [0.4, 0.5) is 0 Å². The lowest BCUT2D eigenvalue weighted by atomic mass is 10.0. The minimum absolute atomic E-state index is 0.0700. The summed E-state index contributed by atoms with van der Waals surface area (Å²) in [6.45, 7) is 0.683. The summed E-state index contributed by atoms with van der Waals surface area (Å²) in [6.07, 6.45) is 7.05. The summed E-state index contributed by atoms with van der Waals surface area (Å²) < 4.78 is 5.57. The summed E-state index contributed by atoms with van der Waals surface area (Å²) in [6, 6.07) is 3.90. The molecule has 0 aromatic heterocycles. The van der Waals surface area contributed by atoms with Gasteiger partial charge in [0.2, 0.25) is 5.91 Å². The van der Waals surface area contributed by atoms with Crippen LogP contribution in [0.3, 0.4) is 0 Å². The minimum Gasteiger partial charge on any atom is -0.508 e. The van der Waals surface area contributed by atoms with Crippen molar-refractivity contribution in [2.24, 2.45) is 0 Å². The molecule has 0 spiro atoms. The summed E-state index contributed by atoms with van der Waals surface area (Å²) in [5, 5.41) is 9.62. The van der Waals surface area contributed by atoms with Crippen LogP contribution in [0.5, 0.6) is 5.75 Å². The molecular formula is C19H26N2O5S. The van der Waals surface area contributed by atoms with Crippen LogP contribution in [0.1, 0.15) is 28.8 Å². The molecule has 1 atom stereocenters. The third-order valence-electron chi connectivity index (χ3n) is 4.84. The van der Waals surface area contributed by atoms with Crippen LogP contribution in [-0.2, 0) is 20.9 Å². The zero-order chi connectivity index (χ0) is 19.8. The Balaban J connectivity index is 1.66. The fourth-order valence-corrected chi connectivity index (χ4v) is 3.91. The Hall–Kier alpha value is -2.06. The number of benzene rings is 1. The first-order valence-electron chi connectivity index (χ1n) is 8.88. The molecule has 148 valence electrons. The highest BCUT2D eigenvalue weighted by Crippen LogP contribution is 2.34. The number of phenols is 1. The number of nitrogens with zero attached hydrogens (tertiary/aromatic N) is 2. The highest BCUT2D eigenvalue weighted by molar-refractivity contribution is 8.32. The van der Waals surface area contributed by atoms with Crippen molar-refractivity contribution in [2.45, 2.75) is 25.4 Å². The monoisotopic (exact) mass is 394 g/mol. The van der Waals surface area contributed by atoms with Crippen LogP contribution in [0.15, 0.2) is 18.2 Å². The third-order valence-corrected chi connectivity index (χ3v) is 6.23. The average Bonchev–Trinajstić information content (AvgIpc) is 2.89. The highest BCUT2D eigenvalue weighted by Gasteiger charge is 2.42. The van der Waals surface area contributed by atoms with E-state index in [0.717, 1.165) is 10.7 Å². The van der Waals surface area contributed by atoms with Crippen molar-refractivity contribution in [3.05, 3.63) is 29.3 Å². The van der Waals surface area contributed by atoms with Crippen LogP contribution in [0.25, 0.3) is 0 Å². The lowest BCUT2D eigenvalue weighted by Crippen LogP contribution is -2.55. The van der Waals surface area contributed by atoms with Crippen LogP contribution < -0.4 is 0 Å². The molecule has 1 saturated heterocycles. The number of piperidine rings is 1. The fraction of sp³-hybridized carbons (Fsp3) is 0.526. The SMILES string of the molecule is CS(C)(C)CCOCN1C(=O)CCC(N2Cc3cc(O)ccc3C2=O)C1=O. The molecule has 0 bridgehead atoms. The maximum absolute atomic E-state index is 12.9. The molecule has 8 heteroatoms. The van der Waals surface area contributed by atoms with Gasteiger partial charge >= 0.3 is 0 Å². The number of fused-ring (bicyclic) bond motifs is 1. The molecule has 1 N–H and O–H groups in total. The number of ether oxygens (including phenoxy) is 1. The maximum Gasteiger partial charge on any atom is 0.255 e. The van der Waals surface area contributed by atoms with E-state index in [1.807, 2.05) is 0 Å². The summed E-state index contributed by atoms with van der Waals surface area (Å²) in [5.41, 5.74) is 1.19. The number of phenolic OH excluding ortho intramolecular Hbond substituents is 1. The number of likely N-dealkylation sites (tertiary alicyclic amines) is 1. The molecule has 0 radical (unpaired) electrons. The number of hydrogen-bond donors (Lipinski definition) is 1. The molecule has 0 aliphatic carbocycles. The molecule has 2 heterocycles. The van der Waals surface area contributed by atoms with Gasteiger partial charge < -0.3 is 14.7 Å². The van der Waals surface area contributed by atoms with Gasteiger partial charge in [0.05, 0.1) is 6.61 Å². The summed E-state index contributed by atoms with van der Waals surface area (Å²) in [7, 11) is -0.706. The van der Waals surface area contributed by atoms with Crippen LogP contribution in [0, 0.1) is 0 Å². The van der Waals surface area contributed by atoms with Gasteiger partial charge in [-0.2, -0.15) is 0 Å². The number of amides is 3. The van der Waals surface area contributed by atoms with Gasteiger partial charge in [-0.25, -0.2) is 10.0 Å². The lowest BCUT2D eigenvalue weighted by molar-refractivity contribution is -0.158. The normalized spacial score (nSPS) is 21.0. The Morgan fingerprint density at radius 1 is 1.22 bits per heavy atom. The first kappa shape index (κ1) is 19.7. The zero-order valence-corrected chi connectivity index (χ0v) is 16.8. The first-order valence-corrected chi connectivity index (χ1v) is 11.9. The Morgan fingerprint density at radius 2 is 1.96 bits per heavy atom. The summed E-state index contributed by atoms with van der Waals surface area (Å²) in [5.74, 6) is 0.0936. The van der Waals surface area contributed by atoms with E-state index < -0.39 is 16.1 Å². The highest BCUT2D eigenvalue weighted by atomic mass is 32.3. The quantitative estimate of drug-likeness (QED) is 0.584.